The van der Waals surface area contributed by atoms with Crippen LogP contribution in [0.25, 0.3) is 0 Å². The van der Waals surface area contributed by atoms with Gasteiger partial charge in [-0.2, -0.15) is 13.2 Å². The molecule has 2 rings (SSSR count). The number of alkyl halides is 3. The number of halogens is 3. The van der Waals surface area contributed by atoms with E-state index in [0.29, 0.717) is 38.6 Å². The molecular weight excluding hydrogens is 449 g/mol. The first-order valence-corrected chi connectivity index (χ1v) is 10.9. The number of nitrogens with two attached hydrogens (primary N) is 2. The highest BCUT2D eigenvalue weighted by Gasteiger charge is 2.38. The first kappa shape index (κ1) is 28.6. The van der Waals surface area contributed by atoms with Crippen LogP contribution in [0, 0.1) is 11.8 Å². The summed E-state index contributed by atoms with van der Waals surface area (Å²) in [5.74, 6) is -3.76. The van der Waals surface area contributed by atoms with E-state index in [1.807, 2.05) is 0 Å². The van der Waals surface area contributed by atoms with Crippen LogP contribution in [0.4, 0.5) is 13.2 Å². The number of carboxylic acid groups (broad SMARTS) is 1. The van der Waals surface area contributed by atoms with Crippen LogP contribution >= 0.6 is 0 Å². The van der Waals surface area contributed by atoms with Crippen LogP contribution in [0.5, 0.6) is 0 Å². The zero-order valence-electron chi connectivity index (χ0n) is 18.4. The van der Waals surface area contributed by atoms with Gasteiger partial charge in [-0.25, -0.2) is 4.79 Å². The fourth-order valence-electron chi connectivity index (χ4n) is 3.80. The van der Waals surface area contributed by atoms with Gasteiger partial charge < -0.3 is 31.5 Å². The molecule has 2 unspecified atom stereocenters. The molecule has 0 radical (unpaired) electrons. The number of nitrogens with zero attached hydrogens (tertiary/aromatic N) is 1. The lowest BCUT2D eigenvalue weighted by molar-refractivity contribution is -0.192. The summed E-state index contributed by atoms with van der Waals surface area (Å²) in [5.41, 5.74) is 10.8. The fraction of sp³-hybridized carbons (Fsp3) is 0.800. The first-order valence-electron chi connectivity index (χ1n) is 10.9. The van der Waals surface area contributed by atoms with E-state index in [1.54, 1.807) is 4.90 Å². The molecule has 2 fully saturated rings. The first-order chi connectivity index (χ1) is 15.5. The molecule has 0 bridgehead atoms. The molecule has 1 aliphatic heterocycles. The predicted molar refractivity (Wildman–Crippen MR) is 111 cm³/mol. The summed E-state index contributed by atoms with van der Waals surface area (Å²) in [6.45, 7) is 2.13. The molecule has 1 saturated carbocycles. The molecule has 0 aromatic heterocycles. The highest BCUT2D eigenvalue weighted by molar-refractivity contribution is 5.90. The number of carbonyl (C=O) groups excluding carboxylic acids is 3. The maximum absolute atomic E-state index is 12.7. The van der Waals surface area contributed by atoms with E-state index >= 15 is 0 Å². The number of amides is 3. The summed E-state index contributed by atoms with van der Waals surface area (Å²) in [6, 6.07) is -0.894. The lowest BCUT2D eigenvalue weighted by Crippen LogP contribution is -2.51. The van der Waals surface area contributed by atoms with E-state index in [9.17, 15) is 27.6 Å². The van der Waals surface area contributed by atoms with Crippen LogP contribution in [0.3, 0.4) is 0 Å². The number of rotatable bonds is 8. The number of carbonyl (C=O) groups is 4. The molecule has 190 valence electrons. The minimum atomic E-state index is -5.08. The summed E-state index contributed by atoms with van der Waals surface area (Å²) in [5, 5.41) is 9.76. The molecule has 1 heterocycles. The Morgan fingerprint density at radius 1 is 1.09 bits per heavy atom. The topological polar surface area (TPSA) is 165 Å². The molecular formula is C20H33F3N4O6. The van der Waals surface area contributed by atoms with Gasteiger partial charge in [0, 0.05) is 32.0 Å². The van der Waals surface area contributed by atoms with Gasteiger partial charge in [0.1, 0.15) is 6.04 Å². The summed E-state index contributed by atoms with van der Waals surface area (Å²) in [6.07, 6.45) is 1.48. The van der Waals surface area contributed by atoms with Crippen molar-refractivity contribution in [1.82, 2.24) is 10.2 Å². The molecule has 13 heteroatoms. The van der Waals surface area contributed by atoms with Crippen molar-refractivity contribution in [2.45, 2.75) is 57.2 Å². The fourth-order valence-corrected chi connectivity index (χ4v) is 3.80. The molecule has 1 aliphatic carbocycles. The Hall–Kier alpha value is -2.41. The summed E-state index contributed by atoms with van der Waals surface area (Å²) >= 11 is 0. The minimum Gasteiger partial charge on any atom is -0.475 e. The van der Waals surface area contributed by atoms with E-state index in [0.717, 1.165) is 12.8 Å². The van der Waals surface area contributed by atoms with Gasteiger partial charge in [-0.1, -0.05) is 32.1 Å². The SMILES string of the molecule is NCC(NC(=O)C(CC(=O)N1CCOCC1)CC1CCCCC1)C(N)=O.O=C(O)C(F)(F)F. The van der Waals surface area contributed by atoms with Crippen LogP contribution in [0.15, 0.2) is 0 Å². The highest BCUT2D eigenvalue weighted by Crippen LogP contribution is 2.30. The zero-order valence-corrected chi connectivity index (χ0v) is 18.4. The van der Waals surface area contributed by atoms with Gasteiger partial charge in [0.15, 0.2) is 0 Å². The molecule has 10 nitrogen and oxygen atoms in total. The Morgan fingerprint density at radius 3 is 2.09 bits per heavy atom. The second-order valence-corrected chi connectivity index (χ2v) is 8.14. The Kier molecular flexibility index (Phi) is 12.1. The van der Waals surface area contributed by atoms with Crippen LogP contribution in [0.1, 0.15) is 44.9 Å². The number of hydrogen-bond acceptors (Lipinski definition) is 6. The van der Waals surface area contributed by atoms with Crippen molar-refractivity contribution in [3.8, 4) is 0 Å². The minimum absolute atomic E-state index is 0.0346. The molecule has 3 amide bonds. The third-order valence-corrected chi connectivity index (χ3v) is 5.64. The average Bonchev–Trinajstić information content (AvgIpc) is 2.77. The van der Waals surface area contributed by atoms with E-state index in [-0.39, 0.29) is 24.8 Å². The normalized spacial score (nSPS) is 19.0. The van der Waals surface area contributed by atoms with Crippen LogP contribution in [0.2, 0.25) is 0 Å². The molecule has 2 aliphatic rings. The quantitative estimate of drug-likeness (QED) is 0.388. The van der Waals surface area contributed by atoms with Crippen LogP contribution in [-0.4, -0.2) is 78.8 Å². The smallest absolute Gasteiger partial charge is 0.475 e. The maximum Gasteiger partial charge on any atom is 0.490 e. The number of primary amides is 1. The number of ether oxygens (including phenoxy) is 1. The van der Waals surface area contributed by atoms with Crippen molar-refractivity contribution < 1.29 is 42.2 Å². The molecule has 6 N–H and O–H groups in total. The standard InChI is InChI=1S/C18H32N4O4.C2HF3O2/c19-12-15(17(20)24)21-18(25)14(10-13-4-2-1-3-5-13)11-16(23)22-6-8-26-9-7-22;3-2(4,5)1(6)7/h13-15H,1-12,19H2,(H2,20,24)(H,21,25);(H,6,7). The molecule has 0 aromatic rings. The summed E-state index contributed by atoms with van der Waals surface area (Å²) in [4.78, 5) is 47.4. The number of nitrogens with one attached hydrogen (secondary N) is 1. The Morgan fingerprint density at radius 2 is 1.64 bits per heavy atom. The van der Waals surface area contributed by atoms with E-state index < -0.39 is 30.0 Å². The second kappa shape index (κ2) is 14.0. The van der Waals surface area contributed by atoms with Gasteiger partial charge >= 0.3 is 12.1 Å². The Balaban J connectivity index is 0.000000675. The lowest BCUT2D eigenvalue weighted by Gasteiger charge is -2.30. The van der Waals surface area contributed by atoms with Crippen molar-refractivity contribution in [3.63, 3.8) is 0 Å². The largest absolute Gasteiger partial charge is 0.490 e. The van der Waals surface area contributed by atoms with E-state index in [4.69, 9.17) is 26.1 Å². The van der Waals surface area contributed by atoms with E-state index in [1.165, 1.54) is 19.3 Å². The van der Waals surface area contributed by atoms with Gasteiger partial charge in [-0.05, 0) is 12.3 Å². The van der Waals surface area contributed by atoms with Gasteiger partial charge in [0.05, 0.1) is 13.2 Å². The van der Waals surface area contributed by atoms with Crippen molar-refractivity contribution in [3.05, 3.63) is 0 Å². The Bertz CT molecular complexity index is 665. The van der Waals surface area contributed by atoms with Gasteiger partial charge in [0.2, 0.25) is 17.7 Å². The molecule has 1 saturated heterocycles. The lowest BCUT2D eigenvalue weighted by atomic mass is 9.81. The maximum atomic E-state index is 12.7. The number of hydrogen-bond donors (Lipinski definition) is 4. The number of carboxylic acids is 1. The number of aliphatic carboxylic acids is 1. The zero-order chi connectivity index (χ0) is 25.0. The monoisotopic (exact) mass is 482 g/mol. The van der Waals surface area contributed by atoms with Crippen LogP contribution in [-0.2, 0) is 23.9 Å². The van der Waals surface area contributed by atoms with Crippen molar-refractivity contribution >= 4 is 23.7 Å². The molecule has 33 heavy (non-hydrogen) atoms. The second-order valence-electron chi connectivity index (χ2n) is 8.14. The summed E-state index contributed by atoms with van der Waals surface area (Å²) < 4.78 is 37.0. The number of morpholine rings is 1. The van der Waals surface area contributed by atoms with Gasteiger partial charge in [-0.15, -0.1) is 0 Å². The van der Waals surface area contributed by atoms with Crippen molar-refractivity contribution in [2.75, 3.05) is 32.8 Å². The Labute approximate surface area is 190 Å². The molecule has 2 atom stereocenters. The highest BCUT2D eigenvalue weighted by atomic mass is 19.4. The van der Waals surface area contributed by atoms with Crippen molar-refractivity contribution in [1.29, 1.82) is 0 Å². The van der Waals surface area contributed by atoms with E-state index in [2.05, 4.69) is 5.32 Å². The third-order valence-electron chi connectivity index (χ3n) is 5.64. The predicted octanol–water partition coefficient (Wildman–Crippen LogP) is 0.384. The summed E-state index contributed by atoms with van der Waals surface area (Å²) in [7, 11) is 0. The molecule has 0 aromatic carbocycles. The van der Waals surface area contributed by atoms with Gasteiger partial charge in [0.25, 0.3) is 0 Å². The third kappa shape index (κ3) is 10.8. The van der Waals surface area contributed by atoms with Crippen LogP contribution < -0.4 is 16.8 Å². The molecule has 0 spiro atoms. The average molecular weight is 483 g/mol. The van der Waals surface area contributed by atoms with Gasteiger partial charge in [-0.3, -0.25) is 14.4 Å². The van der Waals surface area contributed by atoms with Crippen molar-refractivity contribution in [2.24, 2.45) is 23.3 Å².